The molecule has 4 rings (SSSR count). The smallest absolute Gasteiger partial charge is 0.321 e. The van der Waals surface area contributed by atoms with Crippen molar-refractivity contribution in [3.8, 4) is 0 Å². The molecule has 1 aromatic carbocycles. The van der Waals surface area contributed by atoms with Crippen LogP contribution in [0.4, 0.5) is 25.8 Å². The average Bonchev–Trinajstić information content (AvgIpc) is 3.32. The minimum atomic E-state index is -0.427. The fourth-order valence-electron chi connectivity index (χ4n) is 3.76. The van der Waals surface area contributed by atoms with E-state index in [-0.39, 0.29) is 6.03 Å². The van der Waals surface area contributed by atoms with Gasteiger partial charge in [-0.2, -0.15) is 0 Å². The van der Waals surface area contributed by atoms with Crippen molar-refractivity contribution in [2.45, 2.75) is 25.3 Å². The van der Waals surface area contributed by atoms with Gasteiger partial charge in [-0.15, -0.1) is 0 Å². The molecule has 2 N–H and O–H groups in total. The lowest BCUT2D eigenvalue weighted by molar-refractivity contribution is 0.248. The second kappa shape index (κ2) is 9.33. The Morgan fingerprint density at radius 3 is 2.94 bits per heavy atom. The maximum Gasteiger partial charge on any atom is 0.321 e. The van der Waals surface area contributed by atoms with Gasteiger partial charge in [0.2, 0.25) is 0 Å². The molecule has 1 fully saturated rings. The summed E-state index contributed by atoms with van der Waals surface area (Å²) in [5.41, 5.74) is 1.04. The van der Waals surface area contributed by atoms with Crippen LogP contribution < -0.4 is 15.5 Å². The van der Waals surface area contributed by atoms with Crippen LogP contribution in [0.5, 0.6) is 0 Å². The van der Waals surface area contributed by atoms with Gasteiger partial charge in [-0.25, -0.2) is 19.2 Å². The van der Waals surface area contributed by atoms with E-state index in [1.807, 2.05) is 0 Å². The third-order valence-corrected chi connectivity index (χ3v) is 6.63. The molecule has 1 aliphatic rings. The molecular weight excluding hydrogens is 439 g/mol. The molecule has 0 aliphatic carbocycles. The monoisotopic (exact) mass is 462 g/mol. The van der Waals surface area contributed by atoms with E-state index in [0.29, 0.717) is 44.6 Å². The van der Waals surface area contributed by atoms with Crippen LogP contribution in [-0.2, 0) is 0 Å². The predicted molar refractivity (Wildman–Crippen MR) is 124 cm³/mol. The van der Waals surface area contributed by atoms with Crippen LogP contribution in [0.25, 0.3) is 10.3 Å². The Morgan fingerprint density at radius 2 is 2.19 bits per heavy atom. The van der Waals surface area contributed by atoms with Crippen molar-refractivity contribution in [1.82, 2.24) is 20.2 Å². The van der Waals surface area contributed by atoms with E-state index < -0.39 is 5.82 Å². The molecule has 0 radical (unpaired) electrons. The van der Waals surface area contributed by atoms with Crippen LogP contribution in [0.15, 0.2) is 30.3 Å². The molecule has 0 bridgehead atoms. The number of hydrogen-bond donors (Lipinski definition) is 2. The molecule has 3 aromatic rings. The number of halogens is 2. The lowest BCUT2D eigenvalue weighted by Crippen LogP contribution is -2.34. The predicted octanol–water partition coefficient (Wildman–Crippen LogP) is 4.86. The minimum Gasteiger partial charge on any atom is -0.338 e. The number of hydrogen-bond acceptors (Lipinski definition) is 6. The maximum atomic E-state index is 14.2. The number of nitrogens with zero attached hydrogens (tertiary/aromatic N) is 4. The number of urea groups is 1. The van der Waals surface area contributed by atoms with E-state index in [4.69, 9.17) is 11.6 Å². The molecule has 1 atom stereocenters. The van der Waals surface area contributed by atoms with E-state index in [2.05, 4.69) is 32.5 Å². The lowest BCUT2D eigenvalue weighted by atomic mass is 10.1. The van der Waals surface area contributed by atoms with E-state index in [1.54, 1.807) is 36.2 Å². The Kier molecular flexibility index (Phi) is 6.54. The van der Waals surface area contributed by atoms with Crippen molar-refractivity contribution < 1.29 is 9.18 Å². The first-order chi connectivity index (χ1) is 14.9. The van der Waals surface area contributed by atoms with Gasteiger partial charge in [0.05, 0.1) is 5.69 Å². The standard InChI is InChI=1S/C21H24ClFN6OS/c1-28-11-3-4-14(28)9-10-24-20(30)27-21-25-16-6-8-18(26-19(16)31-21)29(2)17-7-5-13(22)12-15(17)23/h5-8,12,14H,3-4,9-11H2,1-2H3,(H2,24,25,27,30). The summed E-state index contributed by atoms with van der Waals surface area (Å²) >= 11 is 7.11. The van der Waals surface area contributed by atoms with Crippen LogP contribution in [0.2, 0.25) is 5.02 Å². The van der Waals surface area contributed by atoms with E-state index >= 15 is 0 Å². The minimum absolute atomic E-state index is 0.278. The number of carbonyl (C=O) groups is 1. The highest BCUT2D eigenvalue weighted by molar-refractivity contribution is 7.22. The molecule has 164 valence electrons. The summed E-state index contributed by atoms with van der Waals surface area (Å²) in [6.07, 6.45) is 3.33. The van der Waals surface area contributed by atoms with Crippen molar-refractivity contribution in [3.63, 3.8) is 0 Å². The van der Waals surface area contributed by atoms with Gasteiger partial charge in [0.1, 0.15) is 22.0 Å². The van der Waals surface area contributed by atoms with Gasteiger partial charge < -0.3 is 15.1 Å². The van der Waals surface area contributed by atoms with Gasteiger partial charge in [-0.1, -0.05) is 22.9 Å². The first kappa shape index (κ1) is 21.7. The van der Waals surface area contributed by atoms with Crippen molar-refractivity contribution in [2.24, 2.45) is 0 Å². The highest BCUT2D eigenvalue weighted by Crippen LogP contribution is 2.31. The number of rotatable bonds is 6. The third kappa shape index (κ3) is 5.06. The quantitative estimate of drug-likeness (QED) is 0.547. The van der Waals surface area contributed by atoms with Crippen LogP contribution in [0, 0.1) is 5.82 Å². The van der Waals surface area contributed by atoms with Gasteiger partial charge in [0.15, 0.2) is 5.13 Å². The molecule has 1 aliphatic heterocycles. The number of carbonyl (C=O) groups excluding carboxylic acids is 1. The molecule has 1 unspecified atom stereocenters. The molecule has 10 heteroatoms. The van der Waals surface area contributed by atoms with E-state index in [1.165, 1.54) is 30.2 Å². The average molecular weight is 463 g/mol. The van der Waals surface area contributed by atoms with Crippen molar-refractivity contribution >= 4 is 56.0 Å². The first-order valence-electron chi connectivity index (χ1n) is 10.1. The summed E-state index contributed by atoms with van der Waals surface area (Å²) in [4.78, 5) is 25.8. The summed E-state index contributed by atoms with van der Waals surface area (Å²) in [5, 5.41) is 6.48. The maximum absolute atomic E-state index is 14.2. The van der Waals surface area contributed by atoms with Crippen LogP contribution >= 0.6 is 22.9 Å². The highest BCUT2D eigenvalue weighted by Gasteiger charge is 2.20. The summed E-state index contributed by atoms with van der Waals surface area (Å²) < 4.78 is 14.2. The fourth-order valence-corrected chi connectivity index (χ4v) is 4.75. The van der Waals surface area contributed by atoms with Crippen LogP contribution in [0.1, 0.15) is 19.3 Å². The Balaban J connectivity index is 1.39. The summed E-state index contributed by atoms with van der Waals surface area (Å²) in [6.45, 7) is 1.74. The highest BCUT2D eigenvalue weighted by atomic mass is 35.5. The lowest BCUT2D eigenvalue weighted by Gasteiger charge is -2.19. The molecule has 1 saturated heterocycles. The Bertz CT molecular complexity index is 1090. The second-order valence-corrected chi connectivity index (χ2v) is 9.03. The molecule has 31 heavy (non-hydrogen) atoms. The largest absolute Gasteiger partial charge is 0.338 e. The SMILES string of the molecule is CN(c1ccc2nc(NC(=O)NCCC3CCCN3C)sc2n1)c1ccc(Cl)cc1F. The number of thiazole rings is 1. The number of aromatic nitrogens is 2. The fraction of sp³-hybridized carbons (Fsp3) is 0.381. The van der Waals surface area contributed by atoms with Crippen LogP contribution in [-0.4, -0.2) is 54.1 Å². The van der Waals surface area contributed by atoms with Gasteiger partial charge >= 0.3 is 6.03 Å². The van der Waals surface area contributed by atoms with E-state index in [0.717, 1.165) is 13.0 Å². The molecular formula is C21H24ClFN6OS. The molecule has 0 spiro atoms. The van der Waals surface area contributed by atoms with E-state index in [9.17, 15) is 9.18 Å². The van der Waals surface area contributed by atoms with Crippen molar-refractivity contribution in [2.75, 3.05) is 37.4 Å². The zero-order valence-corrected chi connectivity index (χ0v) is 18.9. The number of nitrogens with one attached hydrogen (secondary N) is 2. The Hall–Kier alpha value is -2.49. The molecule has 0 saturated carbocycles. The van der Waals surface area contributed by atoms with Gasteiger partial charge in [-0.3, -0.25) is 5.32 Å². The number of anilines is 3. The number of amides is 2. The topological polar surface area (TPSA) is 73.4 Å². The summed E-state index contributed by atoms with van der Waals surface area (Å²) in [7, 11) is 3.86. The summed E-state index contributed by atoms with van der Waals surface area (Å²) in [5.74, 6) is 0.137. The van der Waals surface area contributed by atoms with Gasteiger partial charge in [-0.05, 0) is 63.2 Å². The van der Waals surface area contributed by atoms with Gasteiger partial charge in [0, 0.05) is 24.7 Å². The molecule has 2 aromatic heterocycles. The number of pyridine rings is 1. The number of likely N-dealkylation sites (tertiary alicyclic amines) is 1. The summed E-state index contributed by atoms with van der Waals surface area (Å²) in [6, 6.07) is 8.33. The van der Waals surface area contributed by atoms with Crippen LogP contribution in [0.3, 0.4) is 0 Å². The normalized spacial score (nSPS) is 16.6. The van der Waals surface area contributed by atoms with Crippen molar-refractivity contribution in [3.05, 3.63) is 41.2 Å². The molecule has 2 amide bonds. The zero-order valence-electron chi connectivity index (χ0n) is 17.4. The molecule has 7 nitrogen and oxygen atoms in total. The van der Waals surface area contributed by atoms with Crippen molar-refractivity contribution in [1.29, 1.82) is 0 Å². The first-order valence-corrected chi connectivity index (χ1v) is 11.3. The Morgan fingerprint density at radius 1 is 1.35 bits per heavy atom. The second-order valence-electron chi connectivity index (χ2n) is 7.61. The third-order valence-electron chi connectivity index (χ3n) is 5.51. The van der Waals surface area contributed by atoms with Gasteiger partial charge in [0.25, 0.3) is 0 Å². The zero-order chi connectivity index (χ0) is 22.0. The molecule has 3 heterocycles. The number of fused-ring (bicyclic) bond motifs is 1. The Labute approximate surface area is 189 Å². The number of benzene rings is 1.